The maximum absolute atomic E-state index is 5.10. The fourth-order valence-corrected chi connectivity index (χ4v) is 2.93. The highest BCUT2D eigenvalue weighted by molar-refractivity contribution is 7.09. The van der Waals surface area contributed by atoms with Crippen molar-refractivity contribution in [3.63, 3.8) is 0 Å². The molecule has 2 rings (SSSR count). The Labute approximate surface area is 101 Å². The smallest absolute Gasteiger partial charge is 0.111 e. The zero-order valence-electron chi connectivity index (χ0n) is 10.1. The summed E-state index contributed by atoms with van der Waals surface area (Å²) in [5, 5.41) is 3.31. The molecule has 1 unspecified atom stereocenters. The van der Waals surface area contributed by atoms with Crippen molar-refractivity contribution in [2.24, 2.45) is 0 Å². The van der Waals surface area contributed by atoms with Crippen LogP contribution in [0.4, 0.5) is 0 Å². The van der Waals surface area contributed by atoms with E-state index in [4.69, 9.17) is 4.74 Å². The van der Waals surface area contributed by atoms with Crippen molar-refractivity contribution in [2.45, 2.75) is 12.6 Å². The SMILES string of the molecule is COCc1csc(C2CN(C)CCN2C)n1. The minimum atomic E-state index is 0.439. The van der Waals surface area contributed by atoms with Gasteiger partial charge in [0.2, 0.25) is 0 Å². The number of methoxy groups -OCH3 is 1. The first kappa shape index (κ1) is 12.0. The van der Waals surface area contributed by atoms with Gasteiger partial charge in [-0.25, -0.2) is 4.98 Å². The molecule has 2 heterocycles. The summed E-state index contributed by atoms with van der Waals surface area (Å²) >= 11 is 1.74. The minimum Gasteiger partial charge on any atom is -0.378 e. The Morgan fingerprint density at radius 1 is 1.50 bits per heavy atom. The quantitative estimate of drug-likeness (QED) is 0.795. The highest BCUT2D eigenvalue weighted by Gasteiger charge is 2.25. The van der Waals surface area contributed by atoms with E-state index in [-0.39, 0.29) is 0 Å². The number of thiazole rings is 1. The lowest BCUT2D eigenvalue weighted by atomic mass is 10.2. The van der Waals surface area contributed by atoms with Gasteiger partial charge in [-0.2, -0.15) is 0 Å². The van der Waals surface area contributed by atoms with Gasteiger partial charge >= 0.3 is 0 Å². The highest BCUT2D eigenvalue weighted by Crippen LogP contribution is 2.26. The van der Waals surface area contributed by atoms with Gasteiger partial charge in [0.05, 0.1) is 18.3 Å². The van der Waals surface area contributed by atoms with Gasteiger partial charge in [-0.1, -0.05) is 0 Å². The van der Waals surface area contributed by atoms with Crippen molar-refractivity contribution in [3.05, 3.63) is 16.1 Å². The van der Waals surface area contributed by atoms with Crippen LogP contribution in [0.25, 0.3) is 0 Å². The Morgan fingerprint density at radius 3 is 3.06 bits per heavy atom. The lowest BCUT2D eigenvalue weighted by molar-refractivity contribution is 0.114. The number of hydrogen-bond donors (Lipinski definition) is 0. The number of piperazine rings is 1. The summed E-state index contributed by atoms with van der Waals surface area (Å²) in [4.78, 5) is 9.38. The number of likely N-dealkylation sites (N-methyl/N-ethyl adjacent to an activating group) is 2. The molecule has 1 aliphatic rings. The summed E-state index contributed by atoms with van der Waals surface area (Å²) in [5.74, 6) is 0. The normalized spacial score (nSPS) is 23.8. The predicted molar refractivity (Wildman–Crippen MR) is 65.7 cm³/mol. The van der Waals surface area contributed by atoms with Gasteiger partial charge in [0.1, 0.15) is 5.01 Å². The van der Waals surface area contributed by atoms with E-state index in [0.29, 0.717) is 12.6 Å². The van der Waals surface area contributed by atoms with Crippen molar-refractivity contribution in [3.8, 4) is 0 Å². The van der Waals surface area contributed by atoms with E-state index in [0.717, 1.165) is 25.3 Å². The lowest BCUT2D eigenvalue weighted by Crippen LogP contribution is -2.44. The van der Waals surface area contributed by atoms with Crippen LogP contribution in [0.15, 0.2) is 5.38 Å². The van der Waals surface area contributed by atoms with Crippen LogP contribution in [-0.4, -0.2) is 55.6 Å². The summed E-state index contributed by atoms with van der Waals surface area (Å²) < 4.78 is 5.10. The summed E-state index contributed by atoms with van der Waals surface area (Å²) in [6, 6.07) is 0.439. The minimum absolute atomic E-state index is 0.439. The van der Waals surface area contributed by atoms with Crippen LogP contribution in [0.2, 0.25) is 0 Å². The second-order valence-electron chi connectivity index (χ2n) is 4.37. The zero-order valence-corrected chi connectivity index (χ0v) is 11.0. The molecule has 1 aromatic rings. The third kappa shape index (κ3) is 2.60. The lowest BCUT2D eigenvalue weighted by Gasteiger charge is -2.36. The second kappa shape index (κ2) is 5.23. The van der Waals surface area contributed by atoms with Gasteiger partial charge < -0.3 is 9.64 Å². The molecule has 0 bridgehead atoms. The standard InChI is InChI=1S/C11H19N3OS/c1-13-4-5-14(2)10(6-13)11-12-9(7-15-3)8-16-11/h8,10H,4-7H2,1-3H3. The van der Waals surface area contributed by atoms with Crippen molar-refractivity contribution in [2.75, 3.05) is 40.8 Å². The molecule has 0 saturated carbocycles. The zero-order chi connectivity index (χ0) is 11.5. The molecular formula is C11H19N3OS. The predicted octanol–water partition coefficient (Wildman–Crippen LogP) is 1.21. The average Bonchev–Trinajstić information content (AvgIpc) is 2.71. The maximum Gasteiger partial charge on any atom is 0.111 e. The van der Waals surface area contributed by atoms with E-state index in [1.165, 1.54) is 5.01 Å². The van der Waals surface area contributed by atoms with E-state index in [9.17, 15) is 0 Å². The third-order valence-corrected chi connectivity index (χ3v) is 3.99. The van der Waals surface area contributed by atoms with Gasteiger partial charge in [-0.15, -0.1) is 11.3 Å². The van der Waals surface area contributed by atoms with Crippen molar-refractivity contribution < 1.29 is 4.74 Å². The number of aromatic nitrogens is 1. The number of hydrogen-bond acceptors (Lipinski definition) is 5. The monoisotopic (exact) mass is 241 g/mol. The van der Waals surface area contributed by atoms with Gasteiger partial charge in [-0.05, 0) is 14.1 Å². The van der Waals surface area contributed by atoms with Crippen LogP contribution in [0, 0.1) is 0 Å². The van der Waals surface area contributed by atoms with Gasteiger partial charge in [0.25, 0.3) is 0 Å². The molecule has 1 atom stereocenters. The molecule has 0 radical (unpaired) electrons. The van der Waals surface area contributed by atoms with Crippen molar-refractivity contribution in [1.29, 1.82) is 0 Å². The first-order valence-electron chi connectivity index (χ1n) is 5.52. The van der Waals surface area contributed by atoms with Crippen LogP contribution >= 0.6 is 11.3 Å². The summed E-state index contributed by atoms with van der Waals surface area (Å²) in [6.07, 6.45) is 0. The van der Waals surface area contributed by atoms with Gasteiger partial charge in [-0.3, -0.25) is 4.90 Å². The number of nitrogens with zero attached hydrogens (tertiary/aromatic N) is 3. The van der Waals surface area contributed by atoms with Crippen LogP contribution in [0.3, 0.4) is 0 Å². The molecule has 0 aromatic carbocycles. The summed E-state index contributed by atoms with van der Waals surface area (Å²) in [7, 11) is 6.05. The topological polar surface area (TPSA) is 28.6 Å². The molecule has 4 nitrogen and oxygen atoms in total. The van der Waals surface area contributed by atoms with E-state index < -0.39 is 0 Å². The highest BCUT2D eigenvalue weighted by atomic mass is 32.1. The van der Waals surface area contributed by atoms with E-state index >= 15 is 0 Å². The van der Waals surface area contributed by atoms with Crippen LogP contribution < -0.4 is 0 Å². The molecule has 0 amide bonds. The van der Waals surface area contributed by atoms with Crippen LogP contribution in [0.5, 0.6) is 0 Å². The van der Waals surface area contributed by atoms with Crippen LogP contribution in [0.1, 0.15) is 16.7 Å². The Kier molecular flexibility index (Phi) is 3.91. The van der Waals surface area contributed by atoms with Gasteiger partial charge in [0, 0.05) is 32.1 Å². The van der Waals surface area contributed by atoms with E-state index in [1.54, 1.807) is 18.4 Å². The molecule has 5 heteroatoms. The molecular weight excluding hydrogens is 222 g/mol. The molecule has 0 N–H and O–H groups in total. The summed E-state index contributed by atoms with van der Waals surface area (Å²) in [5.41, 5.74) is 1.05. The second-order valence-corrected chi connectivity index (χ2v) is 5.26. The van der Waals surface area contributed by atoms with E-state index in [2.05, 4.69) is 34.3 Å². The third-order valence-electron chi connectivity index (χ3n) is 3.00. The fourth-order valence-electron chi connectivity index (χ4n) is 1.97. The molecule has 1 aromatic heterocycles. The number of rotatable bonds is 3. The summed E-state index contributed by atoms with van der Waals surface area (Å²) in [6.45, 7) is 3.93. The maximum atomic E-state index is 5.10. The molecule has 1 saturated heterocycles. The van der Waals surface area contributed by atoms with E-state index in [1.807, 2.05) is 0 Å². The van der Waals surface area contributed by atoms with Crippen molar-refractivity contribution >= 4 is 11.3 Å². The van der Waals surface area contributed by atoms with Crippen LogP contribution in [-0.2, 0) is 11.3 Å². The Bertz CT molecular complexity index is 342. The molecule has 0 aliphatic carbocycles. The Hall–Kier alpha value is -0.490. The molecule has 0 spiro atoms. The van der Waals surface area contributed by atoms with Crippen molar-refractivity contribution in [1.82, 2.24) is 14.8 Å². The largest absolute Gasteiger partial charge is 0.378 e. The molecule has 90 valence electrons. The fraction of sp³-hybridized carbons (Fsp3) is 0.727. The Morgan fingerprint density at radius 2 is 2.31 bits per heavy atom. The Balaban J connectivity index is 2.08. The molecule has 1 aliphatic heterocycles. The molecule has 16 heavy (non-hydrogen) atoms. The number of ether oxygens (including phenoxy) is 1. The first-order valence-corrected chi connectivity index (χ1v) is 6.40. The first-order chi connectivity index (χ1) is 7.70. The molecule has 1 fully saturated rings. The average molecular weight is 241 g/mol. The van der Waals surface area contributed by atoms with Gasteiger partial charge in [0.15, 0.2) is 0 Å².